The molecule has 1 aliphatic rings. The van der Waals surface area contributed by atoms with E-state index in [-0.39, 0.29) is 11.9 Å². The molecule has 1 aliphatic carbocycles. The van der Waals surface area contributed by atoms with Gasteiger partial charge in [-0.3, -0.25) is 4.79 Å². The van der Waals surface area contributed by atoms with E-state index in [0.717, 1.165) is 25.7 Å². The van der Waals surface area contributed by atoms with Crippen molar-refractivity contribution in [2.75, 3.05) is 6.26 Å². The molecular weight excluding hydrogens is 220 g/mol. The van der Waals surface area contributed by atoms with Crippen LogP contribution in [0.1, 0.15) is 45.4 Å². The van der Waals surface area contributed by atoms with Crippen molar-refractivity contribution >= 4 is 17.7 Å². The van der Waals surface area contributed by atoms with Crippen molar-refractivity contribution in [3.8, 4) is 0 Å². The zero-order valence-electron chi connectivity index (χ0n) is 10.4. The minimum absolute atomic E-state index is 0.0357. The Bertz CT molecular complexity index is 223. The molecule has 0 aromatic rings. The Morgan fingerprint density at radius 3 is 2.94 bits per heavy atom. The molecule has 1 rings (SSSR count). The highest BCUT2D eigenvalue weighted by Crippen LogP contribution is 2.26. The van der Waals surface area contributed by atoms with E-state index in [1.165, 1.54) is 12.8 Å². The van der Waals surface area contributed by atoms with Crippen molar-refractivity contribution in [3.63, 3.8) is 0 Å². The van der Waals surface area contributed by atoms with Gasteiger partial charge in [0.15, 0.2) is 0 Å². The molecule has 3 atom stereocenters. The van der Waals surface area contributed by atoms with Gasteiger partial charge in [-0.1, -0.05) is 19.8 Å². The third kappa shape index (κ3) is 4.34. The third-order valence-electron chi connectivity index (χ3n) is 3.24. The topological polar surface area (TPSA) is 55.1 Å². The van der Waals surface area contributed by atoms with E-state index in [1.807, 2.05) is 11.8 Å². The summed E-state index contributed by atoms with van der Waals surface area (Å²) >= 11 is 1.91. The summed E-state index contributed by atoms with van der Waals surface area (Å²) in [6.45, 7) is 2.05. The second kappa shape index (κ2) is 7.17. The molecule has 0 spiro atoms. The zero-order chi connectivity index (χ0) is 12.0. The largest absolute Gasteiger partial charge is 0.352 e. The predicted molar refractivity (Wildman–Crippen MR) is 70.6 cm³/mol. The molecule has 94 valence electrons. The van der Waals surface area contributed by atoms with Crippen LogP contribution in [0.5, 0.6) is 0 Å². The number of carbonyl (C=O) groups is 1. The highest BCUT2D eigenvalue weighted by Gasteiger charge is 2.24. The maximum absolute atomic E-state index is 11.8. The van der Waals surface area contributed by atoms with Crippen LogP contribution in [0.3, 0.4) is 0 Å². The lowest BCUT2D eigenvalue weighted by molar-refractivity contribution is -0.123. The second-order valence-corrected chi connectivity index (χ2v) is 5.76. The maximum atomic E-state index is 11.8. The van der Waals surface area contributed by atoms with Crippen molar-refractivity contribution in [1.29, 1.82) is 0 Å². The number of hydrogen-bond donors (Lipinski definition) is 2. The molecule has 1 saturated carbocycles. The standard InChI is InChI=1S/C12H24N2OS/c1-3-5-11(13)12(15)14-9-6-4-7-10(8-9)16-2/h9-11H,3-8,13H2,1-2H3,(H,14,15). The van der Waals surface area contributed by atoms with E-state index in [0.29, 0.717) is 11.3 Å². The number of nitrogens with one attached hydrogen (secondary N) is 1. The van der Waals surface area contributed by atoms with Crippen LogP contribution in [0, 0.1) is 0 Å². The first-order valence-corrected chi connectivity index (χ1v) is 7.55. The van der Waals surface area contributed by atoms with Gasteiger partial charge in [0.1, 0.15) is 0 Å². The van der Waals surface area contributed by atoms with Crippen molar-refractivity contribution in [2.45, 2.75) is 62.8 Å². The normalized spacial score (nSPS) is 27.4. The number of amides is 1. The summed E-state index contributed by atoms with van der Waals surface area (Å²) in [5.74, 6) is 0.0357. The molecule has 3 unspecified atom stereocenters. The average Bonchev–Trinajstić information content (AvgIpc) is 2.29. The molecule has 3 N–H and O–H groups in total. The minimum atomic E-state index is -0.320. The third-order valence-corrected chi connectivity index (χ3v) is 4.34. The van der Waals surface area contributed by atoms with Crippen LogP contribution >= 0.6 is 11.8 Å². The van der Waals surface area contributed by atoms with Gasteiger partial charge in [0.2, 0.25) is 5.91 Å². The lowest BCUT2D eigenvalue weighted by Gasteiger charge is -2.29. The number of carbonyl (C=O) groups excluding carboxylic acids is 1. The van der Waals surface area contributed by atoms with Crippen LogP contribution in [0.4, 0.5) is 0 Å². The summed E-state index contributed by atoms with van der Waals surface area (Å²) in [5, 5.41) is 3.80. The smallest absolute Gasteiger partial charge is 0.237 e. The van der Waals surface area contributed by atoms with Gasteiger partial charge in [0.05, 0.1) is 6.04 Å². The second-order valence-electron chi connectivity index (χ2n) is 4.62. The van der Waals surface area contributed by atoms with Crippen LogP contribution in [0.2, 0.25) is 0 Å². The quantitative estimate of drug-likeness (QED) is 0.776. The van der Waals surface area contributed by atoms with E-state index in [1.54, 1.807) is 0 Å². The molecule has 0 aliphatic heterocycles. The van der Waals surface area contributed by atoms with Gasteiger partial charge < -0.3 is 11.1 Å². The van der Waals surface area contributed by atoms with Crippen LogP contribution in [0.15, 0.2) is 0 Å². The Morgan fingerprint density at radius 2 is 2.31 bits per heavy atom. The first-order valence-electron chi connectivity index (χ1n) is 6.26. The Kier molecular flexibility index (Phi) is 6.21. The fourth-order valence-corrected chi connectivity index (χ4v) is 3.07. The zero-order valence-corrected chi connectivity index (χ0v) is 11.2. The number of hydrogen-bond acceptors (Lipinski definition) is 3. The molecule has 3 nitrogen and oxygen atoms in total. The molecule has 0 heterocycles. The molecule has 0 radical (unpaired) electrons. The molecule has 1 amide bonds. The van der Waals surface area contributed by atoms with Crippen LogP contribution in [-0.4, -0.2) is 29.5 Å². The highest BCUT2D eigenvalue weighted by molar-refractivity contribution is 7.99. The summed E-state index contributed by atoms with van der Waals surface area (Å²) in [7, 11) is 0. The first kappa shape index (κ1) is 13.8. The van der Waals surface area contributed by atoms with Gasteiger partial charge in [0, 0.05) is 11.3 Å². The average molecular weight is 244 g/mol. The predicted octanol–water partition coefficient (Wildman–Crippen LogP) is 1.90. The number of nitrogens with two attached hydrogens (primary N) is 1. The Morgan fingerprint density at radius 1 is 1.56 bits per heavy atom. The minimum Gasteiger partial charge on any atom is -0.352 e. The Balaban J connectivity index is 2.32. The molecule has 0 saturated heterocycles. The molecular formula is C12H24N2OS. The number of rotatable bonds is 5. The molecule has 16 heavy (non-hydrogen) atoms. The SMILES string of the molecule is CCCC(N)C(=O)NC1CCCC(SC)C1. The molecule has 0 aromatic carbocycles. The Labute approximate surface area is 103 Å². The molecule has 4 heteroatoms. The summed E-state index contributed by atoms with van der Waals surface area (Å²) in [6.07, 6.45) is 8.62. The highest BCUT2D eigenvalue weighted by atomic mass is 32.2. The van der Waals surface area contributed by atoms with E-state index in [4.69, 9.17) is 5.73 Å². The van der Waals surface area contributed by atoms with Gasteiger partial charge in [-0.15, -0.1) is 0 Å². The number of thioether (sulfide) groups is 1. The van der Waals surface area contributed by atoms with Crippen molar-refractivity contribution < 1.29 is 4.79 Å². The van der Waals surface area contributed by atoms with E-state index in [2.05, 4.69) is 18.5 Å². The van der Waals surface area contributed by atoms with Crippen molar-refractivity contribution in [1.82, 2.24) is 5.32 Å². The molecule has 0 aromatic heterocycles. The van der Waals surface area contributed by atoms with Gasteiger partial charge >= 0.3 is 0 Å². The van der Waals surface area contributed by atoms with Crippen LogP contribution < -0.4 is 11.1 Å². The van der Waals surface area contributed by atoms with Gasteiger partial charge in [-0.25, -0.2) is 0 Å². The summed E-state index contributed by atoms with van der Waals surface area (Å²) in [4.78, 5) is 11.8. The van der Waals surface area contributed by atoms with Gasteiger partial charge in [-0.2, -0.15) is 11.8 Å². The maximum Gasteiger partial charge on any atom is 0.237 e. The summed E-state index contributed by atoms with van der Waals surface area (Å²) in [6, 6.07) is 0.0289. The van der Waals surface area contributed by atoms with Crippen molar-refractivity contribution in [2.24, 2.45) is 5.73 Å². The molecule has 1 fully saturated rings. The van der Waals surface area contributed by atoms with E-state index < -0.39 is 0 Å². The lowest BCUT2D eigenvalue weighted by atomic mass is 9.94. The van der Waals surface area contributed by atoms with Gasteiger partial charge in [0.25, 0.3) is 0 Å². The Hall–Kier alpha value is -0.220. The van der Waals surface area contributed by atoms with E-state index in [9.17, 15) is 4.79 Å². The van der Waals surface area contributed by atoms with Crippen LogP contribution in [-0.2, 0) is 4.79 Å². The van der Waals surface area contributed by atoms with Crippen LogP contribution in [0.25, 0.3) is 0 Å². The fraction of sp³-hybridized carbons (Fsp3) is 0.917. The monoisotopic (exact) mass is 244 g/mol. The van der Waals surface area contributed by atoms with E-state index >= 15 is 0 Å². The lowest BCUT2D eigenvalue weighted by Crippen LogP contribution is -2.47. The first-order chi connectivity index (χ1) is 7.67. The van der Waals surface area contributed by atoms with Crippen molar-refractivity contribution in [3.05, 3.63) is 0 Å². The molecule has 0 bridgehead atoms. The summed E-state index contributed by atoms with van der Waals surface area (Å²) in [5.41, 5.74) is 5.79. The van der Waals surface area contributed by atoms with Gasteiger partial charge in [-0.05, 0) is 31.9 Å². The fourth-order valence-electron chi connectivity index (χ4n) is 2.24. The summed E-state index contributed by atoms with van der Waals surface area (Å²) < 4.78 is 0.